The first kappa shape index (κ1) is 13.7. The van der Waals surface area contributed by atoms with Crippen LogP contribution >= 0.6 is 0 Å². The number of benzene rings is 1. The van der Waals surface area contributed by atoms with Gasteiger partial charge in [0.1, 0.15) is 0 Å². The summed E-state index contributed by atoms with van der Waals surface area (Å²) in [5.74, 6) is 0. The Morgan fingerprint density at radius 2 is 1.38 bits per heavy atom. The highest BCUT2D eigenvalue weighted by Crippen LogP contribution is 2.13. The van der Waals surface area contributed by atoms with Crippen LogP contribution in [0, 0.1) is 20.8 Å². The van der Waals surface area contributed by atoms with Crippen molar-refractivity contribution in [2.75, 3.05) is 0 Å². The van der Waals surface area contributed by atoms with Crippen molar-refractivity contribution in [3.8, 4) is 0 Å². The third-order valence-corrected chi connectivity index (χ3v) is 3.89. The van der Waals surface area contributed by atoms with E-state index in [9.17, 15) is 0 Å². The van der Waals surface area contributed by atoms with Crippen molar-refractivity contribution in [1.82, 2.24) is 14.3 Å². The van der Waals surface area contributed by atoms with E-state index in [2.05, 4.69) is 73.0 Å². The summed E-state index contributed by atoms with van der Waals surface area (Å²) < 4.78 is 4.32. The first-order valence-corrected chi connectivity index (χ1v) is 7.31. The van der Waals surface area contributed by atoms with E-state index in [1.165, 1.54) is 28.1 Å². The Hall–Kier alpha value is -2.29. The quantitative estimate of drug-likeness (QED) is 0.714. The molecule has 0 N–H and O–H groups in total. The Morgan fingerprint density at radius 3 is 1.90 bits per heavy atom. The third kappa shape index (κ3) is 3.07. The Labute approximate surface area is 125 Å². The van der Waals surface area contributed by atoms with Crippen LogP contribution < -0.4 is 0 Å². The molecule has 0 atom stereocenters. The van der Waals surface area contributed by atoms with Crippen LogP contribution in [0.1, 0.15) is 28.1 Å². The van der Waals surface area contributed by atoms with Crippen LogP contribution in [0.25, 0.3) is 0 Å². The van der Waals surface area contributed by atoms with Gasteiger partial charge < -0.3 is 4.57 Å². The Morgan fingerprint density at radius 1 is 0.810 bits per heavy atom. The van der Waals surface area contributed by atoms with Crippen molar-refractivity contribution in [3.05, 3.63) is 76.9 Å². The van der Waals surface area contributed by atoms with Gasteiger partial charge in [0.2, 0.25) is 0 Å². The van der Waals surface area contributed by atoms with Crippen molar-refractivity contribution in [3.63, 3.8) is 0 Å². The molecule has 2 heterocycles. The Kier molecular flexibility index (Phi) is 3.65. The minimum Gasteiger partial charge on any atom is -0.345 e. The van der Waals surface area contributed by atoms with Crippen LogP contribution in [-0.2, 0) is 13.1 Å². The topological polar surface area (TPSA) is 22.8 Å². The first-order chi connectivity index (χ1) is 10.1. The molecule has 2 aromatic heterocycles. The molecule has 21 heavy (non-hydrogen) atoms. The van der Waals surface area contributed by atoms with Crippen LogP contribution in [-0.4, -0.2) is 14.3 Å². The van der Waals surface area contributed by atoms with Gasteiger partial charge >= 0.3 is 0 Å². The molecule has 0 bridgehead atoms. The minimum absolute atomic E-state index is 0.829. The average molecular weight is 279 g/mol. The molecule has 0 radical (unpaired) electrons. The molecule has 1 aromatic carbocycles. The van der Waals surface area contributed by atoms with Gasteiger partial charge in [-0.3, -0.25) is 4.68 Å². The van der Waals surface area contributed by atoms with E-state index in [1.54, 1.807) is 0 Å². The second kappa shape index (κ2) is 5.60. The number of hydrogen-bond acceptors (Lipinski definition) is 1. The lowest BCUT2D eigenvalue weighted by Crippen LogP contribution is -2.04. The molecule has 3 nitrogen and oxygen atoms in total. The van der Waals surface area contributed by atoms with Crippen LogP contribution in [0.15, 0.2) is 48.8 Å². The molecule has 0 aliphatic heterocycles. The molecular formula is C18H21N3. The van der Waals surface area contributed by atoms with E-state index in [1.807, 2.05) is 10.9 Å². The second-order valence-electron chi connectivity index (χ2n) is 5.73. The summed E-state index contributed by atoms with van der Waals surface area (Å²) in [5, 5.41) is 4.33. The number of nitrogens with zero attached hydrogens (tertiary/aromatic N) is 3. The zero-order valence-electron chi connectivity index (χ0n) is 12.9. The standard InChI is InChI=1S/C18H21N3/c1-14-10-19-20(11-14)12-17-6-8-18(9-7-17)13-21-15(2)4-5-16(21)3/h4-11H,12-13H2,1-3H3. The van der Waals surface area contributed by atoms with Crippen molar-refractivity contribution < 1.29 is 0 Å². The van der Waals surface area contributed by atoms with Gasteiger partial charge in [-0.25, -0.2) is 0 Å². The monoisotopic (exact) mass is 279 g/mol. The highest BCUT2D eigenvalue weighted by Gasteiger charge is 2.03. The van der Waals surface area contributed by atoms with Gasteiger partial charge in [-0.15, -0.1) is 0 Å². The zero-order valence-corrected chi connectivity index (χ0v) is 12.9. The molecule has 0 spiro atoms. The summed E-state index contributed by atoms with van der Waals surface area (Å²) in [6.45, 7) is 8.14. The van der Waals surface area contributed by atoms with Crippen LogP contribution in [0.5, 0.6) is 0 Å². The van der Waals surface area contributed by atoms with Gasteiger partial charge in [-0.2, -0.15) is 5.10 Å². The fourth-order valence-corrected chi connectivity index (χ4v) is 2.62. The van der Waals surface area contributed by atoms with Crippen LogP contribution in [0.2, 0.25) is 0 Å². The lowest BCUT2D eigenvalue weighted by molar-refractivity contribution is 0.685. The lowest BCUT2D eigenvalue weighted by atomic mass is 10.1. The van der Waals surface area contributed by atoms with E-state index in [-0.39, 0.29) is 0 Å². The molecular weight excluding hydrogens is 258 g/mol. The molecule has 3 heteroatoms. The van der Waals surface area contributed by atoms with Gasteiger partial charge in [0, 0.05) is 24.1 Å². The maximum atomic E-state index is 4.33. The molecule has 0 fully saturated rings. The summed E-state index contributed by atoms with van der Waals surface area (Å²) in [4.78, 5) is 0. The van der Waals surface area contributed by atoms with Crippen molar-refractivity contribution in [2.24, 2.45) is 0 Å². The van der Waals surface area contributed by atoms with E-state index in [0.717, 1.165) is 13.1 Å². The average Bonchev–Trinajstić information content (AvgIpc) is 3.01. The molecule has 3 rings (SSSR count). The number of aromatic nitrogens is 3. The number of hydrogen-bond donors (Lipinski definition) is 0. The summed E-state index contributed by atoms with van der Waals surface area (Å²) >= 11 is 0. The molecule has 108 valence electrons. The summed E-state index contributed by atoms with van der Waals surface area (Å²) in [5.41, 5.74) is 6.43. The van der Waals surface area contributed by atoms with Gasteiger partial charge in [0.15, 0.2) is 0 Å². The normalized spacial score (nSPS) is 11.0. The van der Waals surface area contributed by atoms with E-state index >= 15 is 0 Å². The smallest absolute Gasteiger partial charge is 0.0659 e. The third-order valence-electron chi connectivity index (χ3n) is 3.89. The first-order valence-electron chi connectivity index (χ1n) is 7.31. The van der Waals surface area contributed by atoms with E-state index in [4.69, 9.17) is 0 Å². The molecule has 0 saturated carbocycles. The predicted octanol–water partition coefficient (Wildman–Crippen LogP) is 3.71. The summed E-state index contributed by atoms with van der Waals surface area (Å²) in [7, 11) is 0. The Bertz CT molecular complexity index is 713. The largest absolute Gasteiger partial charge is 0.345 e. The molecule has 0 unspecified atom stereocenters. The lowest BCUT2D eigenvalue weighted by Gasteiger charge is -2.10. The van der Waals surface area contributed by atoms with Crippen molar-refractivity contribution in [2.45, 2.75) is 33.9 Å². The SMILES string of the molecule is Cc1cnn(Cc2ccc(Cn3c(C)ccc3C)cc2)c1. The summed E-state index contributed by atoms with van der Waals surface area (Å²) in [6.07, 6.45) is 3.96. The van der Waals surface area contributed by atoms with Crippen molar-refractivity contribution >= 4 is 0 Å². The van der Waals surface area contributed by atoms with E-state index in [0.29, 0.717) is 0 Å². The Balaban J connectivity index is 1.72. The maximum Gasteiger partial charge on any atom is 0.0659 e. The predicted molar refractivity (Wildman–Crippen MR) is 85.5 cm³/mol. The van der Waals surface area contributed by atoms with Gasteiger partial charge in [0.05, 0.1) is 12.7 Å². The second-order valence-corrected chi connectivity index (χ2v) is 5.73. The highest BCUT2D eigenvalue weighted by atomic mass is 15.3. The van der Waals surface area contributed by atoms with Gasteiger partial charge in [-0.1, -0.05) is 24.3 Å². The fraction of sp³-hybridized carbons (Fsp3) is 0.278. The van der Waals surface area contributed by atoms with Crippen molar-refractivity contribution in [1.29, 1.82) is 0 Å². The molecule has 0 aliphatic carbocycles. The zero-order chi connectivity index (χ0) is 14.8. The molecule has 0 saturated heterocycles. The fourth-order valence-electron chi connectivity index (χ4n) is 2.62. The van der Waals surface area contributed by atoms with Crippen LogP contribution in [0.3, 0.4) is 0 Å². The number of rotatable bonds is 4. The van der Waals surface area contributed by atoms with Crippen LogP contribution in [0.4, 0.5) is 0 Å². The van der Waals surface area contributed by atoms with E-state index < -0.39 is 0 Å². The number of aryl methyl sites for hydroxylation is 3. The molecule has 3 aromatic rings. The van der Waals surface area contributed by atoms with Gasteiger partial charge in [0.25, 0.3) is 0 Å². The summed E-state index contributed by atoms with van der Waals surface area (Å²) in [6, 6.07) is 13.2. The maximum absolute atomic E-state index is 4.33. The molecule has 0 aliphatic rings. The molecule has 0 amide bonds. The highest BCUT2D eigenvalue weighted by molar-refractivity contribution is 5.25. The van der Waals surface area contributed by atoms with Gasteiger partial charge in [-0.05, 0) is 49.6 Å². The minimum atomic E-state index is 0.829.